The number of nitrogen functional groups attached to an aromatic ring is 1. The number of anilines is 1. The van der Waals surface area contributed by atoms with Crippen LogP contribution in [0.3, 0.4) is 0 Å². The van der Waals surface area contributed by atoms with E-state index in [1.54, 1.807) is 26.0 Å². The number of hydrogen-bond donors (Lipinski definition) is 2. The molecule has 3 N–H and O–H groups in total. The molecule has 0 aromatic heterocycles. The maximum absolute atomic E-state index is 11.9. The lowest BCUT2D eigenvalue weighted by atomic mass is 9.90. The zero-order valence-corrected chi connectivity index (χ0v) is 13.3. The van der Waals surface area contributed by atoms with Gasteiger partial charge in [0.25, 0.3) is 5.91 Å². The molecule has 1 atom stereocenters. The third-order valence-electron chi connectivity index (χ3n) is 3.66. The molecule has 0 bridgehead atoms. The summed E-state index contributed by atoms with van der Waals surface area (Å²) in [4.78, 5) is 23.8. The van der Waals surface area contributed by atoms with Crippen LogP contribution in [0.2, 0.25) is 0 Å². The zero-order valence-electron chi connectivity index (χ0n) is 13.3. The highest BCUT2D eigenvalue weighted by atomic mass is 16.5. The lowest BCUT2D eigenvalue weighted by Gasteiger charge is -2.27. The number of esters is 1. The molecule has 0 aliphatic carbocycles. The quantitative estimate of drug-likeness (QED) is 0.637. The van der Waals surface area contributed by atoms with E-state index in [2.05, 4.69) is 11.4 Å². The summed E-state index contributed by atoms with van der Waals surface area (Å²) in [5, 5.41) is 11.7. The number of hydrogen-bond acceptors (Lipinski definition) is 5. The smallest absolute Gasteiger partial charge is 0.340 e. The van der Waals surface area contributed by atoms with Gasteiger partial charge < -0.3 is 15.8 Å². The lowest BCUT2D eigenvalue weighted by molar-refractivity contribution is -0.125. The van der Waals surface area contributed by atoms with E-state index in [9.17, 15) is 9.59 Å². The molecule has 0 saturated carbocycles. The number of benzene rings is 1. The van der Waals surface area contributed by atoms with Gasteiger partial charge in [0.15, 0.2) is 6.61 Å². The fourth-order valence-corrected chi connectivity index (χ4v) is 1.69. The van der Waals surface area contributed by atoms with Gasteiger partial charge in [-0.1, -0.05) is 26.0 Å². The van der Waals surface area contributed by atoms with Crippen molar-refractivity contribution in [2.24, 2.45) is 5.92 Å². The summed E-state index contributed by atoms with van der Waals surface area (Å²) in [6.07, 6.45) is 0. The van der Waals surface area contributed by atoms with E-state index in [0.29, 0.717) is 5.69 Å². The third kappa shape index (κ3) is 3.98. The Morgan fingerprint density at radius 3 is 2.64 bits per heavy atom. The van der Waals surface area contributed by atoms with Crippen LogP contribution in [0.4, 0.5) is 5.69 Å². The zero-order chi connectivity index (χ0) is 16.9. The summed E-state index contributed by atoms with van der Waals surface area (Å²) in [6.45, 7) is 6.58. The van der Waals surface area contributed by atoms with E-state index in [4.69, 9.17) is 15.7 Å². The Kier molecular flexibility index (Phi) is 5.52. The van der Waals surface area contributed by atoms with Crippen molar-refractivity contribution in [3.63, 3.8) is 0 Å². The van der Waals surface area contributed by atoms with Crippen molar-refractivity contribution in [2.45, 2.75) is 33.2 Å². The van der Waals surface area contributed by atoms with Crippen molar-refractivity contribution in [2.75, 3.05) is 12.3 Å². The first-order chi connectivity index (χ1) is 10.2. The van der Waals surface area contributed by atoms with E-state index >= 15 is 0 Å². The molecule has 0 aliphatic rings. The first kappa shape index (κ1) is 17.5. The summed E-state index contributed by atoms with van der Waals surface area (Å²) >= 11 is 0. The maximum Gasteiger partial charge on any atom is 0.340 e. The summed E-state index contributed by atoms with van der Waals surface area (Å²) in [5.41, 5.74) is 6.11. The molecule has 22 heavy (non-hydrogen) atoms. The molecular formula is C16H21N3O3. The molecule has 0 saturated heterocycles. The molecule has 0 aliphatic heterocycles. The van der Waals surface area contributed by atoms with Gasteiger partial charge in [-0.15, -0.1) is 0 Å². The van der Waals surface area contributed by atoms with Crippen LogP contribution in [-0.4, -0.2) is 24.0 Å². The number of nitrogens with zero attached hydrogens (tertiary/aromatic N) is 1. The molecule has 0 heterocycles. The van der Waals surface area contributed by atoms with Crippen LogP contribution < -0.4 is 11.1 Å². The molecule has 0 fully saturated rings. The molecule has 118 valence electrons. The number of amides is 1. The van der Waals surface area contributed by atoms with Crippen LogP contribution in [0.25, 0.3) is 0 Å². The average Bonchev–Trinajstić information content (AvgIpc) is 2.47. The second kappa shape index (κ2) is 6.94. The highest BCUT2D eigenvalue weighted by molar-refractivity contribution is 5.96. The number of nitrogens with one attached hydrogen (secondary N) is 1. The third-order valence-corrected chi connectivity index (χ3v) is 3.66. The first-order valence-electron chi connectivity index (χ1n) is 6.95. The molecular weight excluding hydrogens is 282 g/mol. The second-order valence-corrected chi connectivity index (χ2v) is 5.63. The minimum absolute atomic E-state index is 0.0791. The fourth-order valence-electron chi connectivity index (χ4n) is 1.69. The van der Waals surface area contributed by atoms with E-state index in [1.165, 1.54) is 6.07 Å². The first-order valence-corrected chi connectivity index (χ1v) is 6.95. The van der Waals surface area contributed by atoms with Crippen molar-refractivity contribution in [1.82, 2.24) is 5.32 Å². The van der Waals surface area contributed by atoms with Gasteiger partial charge >= 0.3 is 5.97 Å². The molecule has 6 heteroatoms. The maximum atomic E-state index is 11.9. The van der Waals surface area contributed by atoms with Crippen molar-refractivity contribution < 1.29 is 14.3 Å². The Morgan fingerprint density at radius 2 is 2.09 bits per heavy atom. The predicted molar refractivity (Wildman–Crippen MR) is 82.9 cm³/mol. The highest BCUT2D eigenvalue weighted by Crippen LogP contribution is 2.18. The molecule has 1 aromatic rings. The van der Waals surface area contributed by atoms with Crippen LogP contribution in [0.5, 0.6) is 0 Å². The van der Waals surface area contributed by atoms with Gasteiger partial charge in [-0.25, -0.2) is 4.79 Å². The number of ether oxygens (including phenoxy) is 1. The largest absolute Gasteiger partial charge is 0.452 e. The van der Waals surface area contributed by atoms with Gasteiger partial charge in [0.2, 0.25) is 0 Å². The summed E-state index contributed by atoms with van der Waals surface area (Å²) < 4.78 is 4.96. The van der Waals surface area contributed by atoms with Gasteiger partial charge in [-0.3, -0.25) is 4.79 Å². The second-order valence-electron chi connectivity index (χ2n) is 5.63. The Labute approximate surface area is 130 Å². The van der Waals surface area contributed by atoms with Crippen molar-refractivity contribution in [1.29, 1.82) is 5.26 Å². The summed E-state index contributed by atoms with van der Waals surface area (Å²) in [7, 11) is 0. The number of carbonyl (C=O) groups excluding carboxylic acids is 2. The van der Waals surface area contributed by atoms with Crippen molar-refractivity contribution in [3.05, 3.63) is 29.3 Å². The molecule has 1 amide bonds. The van der Waals surface area contributed by atoms with Crippen molar-refractivity contribution in [3.8, 4) is 6.07 Å². The molecule has 0 unspecified atom stereocenters. The SMILES string of the molecule is Cc1cccc(C(=O)OCC(=O)N[C@@](C)(C#N)C(C)C)c1N. The van der Waals surface area contributed by atoms with E-state index < -0.39 is 24.0 Å². The van der Waals surface area contributed by atoms with E-state index in [1.807, 2.05) is 13.8 Å². The monoisotopic (exact) mass is 303 g/mol. The number of nitrogens with two attached hydrogens (primary N) is 1. The minimum atomic E-state index is -1.01. The lowest BCUT2D eigenvalue weighted by Crippen LogP contribution is -2.50. The van der Waals surface area contributed by atoms with E-state index in [-0.39, 0.29) is 11.5 Å². The number of carbonyl (C=O) groups is 2. The van der Waals surface area contributed by atoms with Gasteiger partial charge in [0.05, 0.1) is 11.6 Å². The molecule has 0 spiro atoms. The Bertz CT molecular complexity index is 620. The number of aryl methyl sites for hydroxylation is 1. The number of nitriles is 1. The van der Waals surface area contributed by atoms with Gasteiger partial charge in [-0.05, 0) is 31.4 Å². The van der Waals surface area contributed by atoms with Gasteiger partial charge in [-0.2, -0.15) is 5.26 Å². The molecule has 1 rings (SSSR count). The van der Waals surface area contributed by atoms with Crippen LogP contribution >= 0.6 is 0 Å². The van der Waals surface area contributed by atoms with Crippen LogP contribution in [0.1, 0.15) is 36.7 Å². The predicted octanol–water partition coefficient (Wildman–Crippen LogP) is 1.79. The summed E-state index contributed by atoms with van der Waals surface area (Å²) in [6, 6.07) is 7.06. The van der Waals surface area contributed by atoms with Crippen LogP contribution in [0.15, 0.2) is 18.2 Å². The number of para-hydroxylation sites is 1. The normalized spacial score (nSPS) is 13.1. The van der Waals surface area contributed by atoms with Crippen molar-refractivity contribution >= 4 is 17.6 Å². The van der Waals surface area contributed by atoms with Gasteiger partial charge in [0, 0.05) is 5.69 Å². The Morgan fingerprint density at radius 1 is 1.45 bits per heavy atom. The Balaban J connectivity index is 2.67. The standard InChI is InChI=1S/C16H21N3O3/c1-10(2)16(4,9-17)19-13(20)8-22-15(21)12-7-5-6-11(3)14(12)18/h5-7,10H,8,18H2,1-4H3,(H,19,20)/t16-/m0/s1. The summed E-state index contributed by atoms with van der Waals surface area (Å²) in [5.74, 6) is -1.28. The molecule has 0 radical (unpaired) electrons. The average molecular weight is 303 g/mol. The minimum Gasteiger partial charge on any atom is -0.452 e. The van der Waals surface area contributed by atoms with Gasteiger partial charge in [0.1, 0.15) is 5.54 Å². The Hall–Kier alpha value is -2.55. The molecule has 1 aromatic carbocycles. The van der Waals surface area contributed by atoms with E-state index in [0.717, 1.165) is 5.56 Å². The van der Waals surface area contributed by atoms with Crippen LogP contribution in [0, 0.1) is 24.2 Å². The molecule has 6 nitrogen and oxygen atoms in total. The fraction of sp³-hybridized carbons (Fsp3) is 0.438. The number of rotatable bonds is 5. The van der Waals surface area contributed by atoms with Crippen LogP contribution in [-0.2, 0) is 9.53 Å². The highest BCUT2D eigenvalue weighted by Gasteiger charge is 2.30. The topological polar surface area (TPSA) is 105 Å².